The number of alkyl halides is 2. The van der Waals surface area contributed by atoms with E-state index in [0.717, 1.165) is 11.1 Å². The van der Waals surface area contributed by atoms with E-state index >= 15 is 0 Å². The lowest BCUT2D eigenvalue weighted by molar-refractivity contribution is 0.555. The van der Waals surface area contributed by atoms with Crippen molar-refractivity contribution in [3.05, 3.63) is 35.4 Å². The van der Waals surface area contributed by atoms with E-state index in [1.165, 1.54) is 0 Å². The van der Waals surface area contributed by atoms with E-state index in [9.17, 15) is 4.21 Å². The summed E-state index contributed by atoms with van der Waals surface area (Å²) in [5.74, 6) is 0.460. The molecule has 1 aromatic carbocycles. The Hall–Kier alpha value is 0.1000. The Morgan fingerprint density at radius 1 is 1.43 bits per heavy atom. The van der Waals surface area contributed by atoms with Crippen molar-refractivity contribution < 1.29 is 8.76 Å². The van der Waals surface area contributed by atoms with Crippen molar-refractivity contribution in [2.45, 2.75) is 11.1 Å². The molecule has 1 aromatic rings. The van der Waals surface area contributed by atoms with Crippen molar-refractivity contribution in [3.8, 4) is 0 Å². The van der Waals surface area contributed by atoms with Crippen LogP contribution in [0.2, 0.25) is 0 Å². The van der Waals surface area contributed by atoms with Gasteiger partial charge in [-0.3, -0.25) is 0 Å². The summed E-state index contributed by atoms with van der Waals surface area (Å²) in [5.41, 5.74) is 1.85. The number of hydrogen-bond acceptors (Lipinski definition) is 1. The van der Waals surface area contributed by atoms with Gasteiger partial charge in [-0.05, 0) is 11.1 Å². The van der Waals surface area contributed by atoms with E-state index in [1.807, 2.05) is 24.3 Å². The van der Waals surface area contributed by atoms with Crippen LogP contribution < -0.4 is 0 Å². The highest BCUT2D eigenvalue weighted by molar-refractivity contribution is 9.09. The zero-order valence-corrected chi connectivity index (χ0v) is 10.5. The summed E-state index contributed by atoms with van der Waals surface area (Å²) in [6, 6.07) is 7.39. The fourth-order valence-electron chi connectivity index (χ4n) is 1.08. The van der Waals surface area contributed by atoms with Crippen LogP contribution in [0.1, 0.15) is 16.4 Å². The van der Waals surface area contributed by atoms with Crippen molar-refractivity contribution in [1.29, 1.82) is 0 Å². The molecule has 0 fully saturated rings. The van der Waals surface area contributed by atoms with Gasteiger partial charge in [0.15, 0.2) is 11.1 Å². The maximum atomic E-state index is 10.9. The Morgan fingerprint density at radius 3 is 2.36 bits per heavy atom. The number of hydrogen-bond donors (Lipinski definition) is 1. The third-order valence-electron chi connectivity index (χ3n) is 1.89. The average Bonchev–Trinajstić information content (AvgIpc) is 2.19. The lowest BCUT2D eigenvalue weighted by atomic mass is 10.1. The number of benzene rings is 1. The van der Waals surface area contributed by atoms with Crippen LogP contribution in [-0.2, 0) is 17.0 Å². The third-order valence-corrected chi connectivity index (χ3v) is 4.20. The molecule has 0 radical (unpaired) electrons. The molecule has 0 saturated carbocycles. The van der Waals surface area contributed by atoms with Crippen molar-refractivity contribution in [3.63, 3.8) is 0 Å². The first kappa shape index (κ1) is 12.2. The largest absolute Gasteiger partial charge is 0.306 e. The summed E-state index contributed by atoms with van der Waals surface area (Å²) >= 11 is 7.00. The van der Waals surface area contributed by atoms with Crippen LogP contribution in [-0.4, -0.2) is 14.1 Å². The fraction of sp³-hybridized carbons (Fsp3) is 0.333. The van der Waals surface area contributed by atoms with Crippen LogP contribution in [0.4, 0.5) is 0 Å². The van der Waals surface area contributed by atoms with Crippen molar-refractivity contribution in [2.75, 3.05) is 5.33 Å². The molecule has 0 aromatic heterocycles. The first-order valence-corrected chi connectivity index (χ1v) is 6.82. The molecule has 2 unspecified atom stereocenters. The number of rotatable bonds is 4. The summed E-state index contributed by atoms with van der Waals surface area (Å²) in [5, 5.41) is 0.0930. The van der Waals surface area contributed by atoms with Gasteiger partial charge >= 0.3 is 0 Å². The first-order valence-electron chi connectivity index (χ1n) is 3.99. The predicted octanol–water partition coefficient (Wildman–Crippen LogP) is 3.08. The Morgan fingerprint density at radius 2 is 2.00 bits per heavy atom. The molecule has 2 atom stereocenters. The van der Waals surface area contributed by atoms with E-state index in [1.54, 1.807) is 0 Å². The van der Waals surface area contributed by atoms with E-state index in [-0.39, 0.29) is 5.25 Å². The molecule has 1 N–H and O–H groups in total. The average molecular weight is 298 g/mol. The van der Waals surface area contributed by atoms with Crippen molar-refractivity contribution in [1.82, 2.24) is 0 Å². The zero-order chi connectivity index (χ0) is 10.6. The Kier molecular flexibility index (Phi) is 5.09. The highest BCUT2D eigenvalue weighted by atomic mass is 79.9. The molecule has 78 valence electrons. The minimum atomic E-state index is -1.84. The SMILES string of the molecule is O=S(O)C(CBr)c1ccc(CCl)cc1. The summed E-state index contributed by atoms with van der Waals surface area (Å²) in [6.45, 7) is 0. The van der Waals surface area contributed by atoms with Crippen LogP contribution in [0.5, 0.6) is 0 Å². The predicted molar refractivity (Wildman–Crippen MR) is 63.3 cm³/mol. The van der Waals surface area contributed by atoms with Gasteiger partial charge < -0.3 is 4.55 Å². The van der Waals surface area contributed by atoms with Gasteiger partial charge in [-0.25, -0.2) is 4.21 Å². The van der Waals surface area contributed by atoms with E-state index < -0.39 is 11.1 Å². The molecule has 0 bridgehead atoms. The smallest absolute Gasteiger partial charge is 0.161 e. The summed E-state index contributed by atoms with van der Waals surface area (Å²) in [6.07, 6.45) is 0. The molecule has 0 aliphatic carbocycles. The quantitative estimate of drug-likeness (QED) is 0.685. The lowest BCUT2D eigenvalue weighted by Crippen LogP contribution is -2.06. The zero-order valence-electron chi connectivity index (χ0n) is 7.32. The van der Waals surface area contributed by atoms with Gasteiger partial charge in [0.05, 0.1) is 5.25 Å². The molecule has 0 spiro atoms. The van der Waals surface area contributed by atoms with Crippen molar-refractivity contribution in [2.24, 2.45) is 0 Å². The highest BCUT2D eigenvalue weighted by Gasteiger charge is 2.15. The Labute approximate surface area is 99.1 Å². The Bertz CT molecular complexity index is 315. The molecular weight excluding hydrogens is 288 g/mol. The van der Waals surface area contributed by atoms with Crippen LogP contribution in [0.3, 0.4) is 0 Å². The van der Waals surface area contributed by atoms with Crippen LogP contribution >= 0.6 is 27.5 Å². The molecule has 0 amide bonds. The lowest BCUT2D eigenvalue weighted by Gasteiger charge is -2.09. The second-order valence-corrected chi connectivity index (χ2v) is 4.83. The minimum absolute atomic E-state index is 0.376. The molecule has 0 saturated heterocycles. The van der Waals surface area contributed by atoms with Gasteiger partial charge in [-0.15, -0.1) is 11.6 Å². The summed E-state index contributed by atoms with van der Waals surface area (Å²) < 4.78 is 19.9. The second kappa shape index (κ2) is 5.85. The number of halogens is 2. The maximum Gasteiger partial charge on any atom is 0.161 e. The van der Waals surface area contributed by atoms with Gasteiger partial charge in [-0.1, -0.05) is 40.2 Å². The van der Waals surface area contributed by atoms with Gasteiger partial charge in [0.25, 0.3) is 0 Å². The molecule has 0 heterocycles. The highest BCUT2D eigenvalue weighted by Crippen LogP contribution is 2.21. The monoisotopic (exact) mass is 296 g/mol. The molecule has 1 rings (SSSR count). The molecule has 0 aliphatic rings. The van der Waals surface area contributed by atoms with Gasteiger partial charge in [-0.2, -0.15) is 0 Å². The molecule has 14 heavy (non-hydrogen) atoms. The second-order valence-electron chi connectivity index (χ2n) is 2.79. The minimum Gasteiger partial charge on any atom is -0.306 e. The Balaban J connectivity index is 2.89. The van der Waals surface area contributed by atoms with Crippen molar-refractivity contribution >= 4 is 38.6 Å². The normalized spacial score (nSPS) is 15.1. The molecule has 0 aliphatic heterocycles. The van der Waals surface area contributed by atoms with E-state index in [0.29, 0.717) is 11.2 Å². The van der Waals surface area contributed by atoms with Gasteiger partial charge in [0.1, 0.15) is 0 Å². The van der Waals surface area contributed by atoms with Crippen LogP contribution in [0, 0.1) is 0 Å². The molecule has 2 nitrogen and oxygen atoms in total. The fourth-order valence-corrected chi connectivity index (χ4v) is 2.81. The topological polar surface area (TPSA) is 37.3 Å². The van der Waals surface area contributed by atoms with Gasteiger partial charge in [0.2, 0.25) is 0 Å². The standard InChI is InChI=1S/C9H10BrClO2S/c10-5-9(14(12)13)8-3-1-7(6-11)2-4-8/h1-4,9H,5-6H2,(H,12,13). The van der Waals surface area contributed by atoms with E-state index in [4.69, 9.17) is 16.2 Å². The molecular formula is C9H10BrClO2S. The first-order chi connectivity index (χ1) is 6.69. The van der Waals surface area contributed by atoms with Gasteiger partial charge in [0, 0.05) is 11.2 Å². The van der Waals surface area contributed by atoms with E-state index in [2.05, 4.69) is 15.9 Å². The maximum absolute atomic E-state index is 10.9. The molecule has 5 heteroatoms. The van der Waals surface area contributed by atoms with Crippen LogP contribution in [0.25, 0.3) is 0 Å². The summed E-state index contributed by atoms with van der Waals surface area (Å²) in [4.78, 5) is 0. The van der Waals surface area contributed by atoms with Crippen LogP contribution in [0.15, 0.2) is 24.3 Å². The third kappa shape index (κ3) is 3.05. The summed E-state index contributed by atoms with van der Waals surface area (Å²) in [7, 11) is 0.